The van der Waals surface area contributed by atoms with Crippen LogP contribution in [0.5, 0.6) is 0 Å². The van der Waals surface area contributed by atoms with Gasteiger partial charge in [-0.3, -0.25) is 4.79 Å². The Morgan fingerprint density at radius 3 is 2.75 bits per heavy atom. The van der Waals surface area contributed by atoms with Crippen LogP contribution in [-0.2, 0) is 11.2 Å². The summed E-state index contributed by atoms with van der Waals surface area (Å²) in [7, 11) is 0. The maximum atomic E-state index is 12.2. The number of hydrogen-bond donors (Lipinski definition) is 2. The maximum absolute atomic E-state index is 12.2. The molecule has 1 aromatic carbocycles. The second kappa shape index (κ2) is 6.72. The van der Waals surface area contributed by atoms with Gasteiger partial charge in [-0.05, 0) is 49.3 Å². The molecular weight excluding hydrogens is 318 g/mol. The molecule has 1 amide bonds. The zero-order chi connectivity index (χ0) is 14.6. The third-order valence-electron chi connectivity index (χ3n) is 4.19. The van der Waals surface area contributed by atoms with E-state index < -0.39 is 5.54 Å². The van der Waals surface area contributed by atoms with Crippen molar-refractivity contribution in [3.63, 3.8) is 0 Å². The largest absolute Gasteiger partial charge is 0.394 e. The Labute approximate surface area is 128 Å². The van der Waals surface area contributed by atoms with Gasteiger partial charge in [0, 0.05) is 4.47 Å². The fourth-order valence-corrected chi connectivity index (χ4v) is 3.26. The van der Waals surface area contributed by atoms with Gasteiger partial charge >= 0.3 is 0 Å². The highest BCUT2D eigenvalue weighted by atomic mass is 79.9. The lowest BCUT2D eigenvalue weighted by Crippen LogP contribution is -2.53. The van der Waals surface area contributed by atoms with Gasteiger partial charge in [0.15, 0.2) is 0 Å². The molecule has 20 heavy (non-hydrogen) atoms. The fraction of sp³-hybridized carbons (Fsp3) is 0.562. The molecule has 0 aromatic heterocycles. The van der Waals surface area contributed by atoms with Crippen LogP contribution in [0, 0.1) is 5.92 Å². The zero-order valence-electron chi connectivity index (χ0n) is 11.9. The maximum Gasteiger partial charge on any atom is 0.224 e. The first-order valence-corrected chi connectivity index (χ1v) is 7.99. The number of amides is 1. The molecule has 110 valence electrons. The molecule has 2 N–H and O–H groups in total. The summed E-state index contributed by atoms with van der Waals surface area (Å²) in [5.74, 6) is 0.684. The van der Waals surface area contributed by atoms with E-state index in [0.717, 1.165) is 35.7 Å². The van der Waals surface area contributed by atoms with Crippen LogP contribution in [0.25, 0.3) is 0 Å². The molecule has 3 nitrogen and oxygen atoms in total. The quantitative estimate of drug-likeness (QED) is 0.885. The Bertz CT molecular complexity index is 467. The monoisotopic (exact) mass is 339 g/mol. The van der Waals surface area contributed by atoms with Crippen molar-refractivity contribution in [2.24, 2.45) is 5.92 Å². The smallest absolute Gasteiger partial charge is 0.224 e. The predicted molar refractivity (Wildman–Crippen MR) is 83.4 cm³/mol. The molecule has 1 aromatic rings. The minimum atomic E-state index is -0.407. The van der Waals surface area contributed by atoms with E-state index in [1.54, 1.807) is 0 Å². The first-order chi connectivity index (χ1) is 9.53. The van der Waals surface area contributed by atoms with Crippen LogP contribution < -0.4 is 5.32 Å². The molecule has 1 aliphatic rings. The van der Waals surface area contributed by atoms with E-state index in [0.29, 0.717) is 12.3 Å². The van der Waals surface area contributed by atoms with Crippen LogP contribution in [0.2, 0.25) is 0 Å². The number of halogens is 1. The molecule has 0 saturated heterocycles. The van der Waals surface area contributed by atoms with Crippen molar-refractivity contribution in [2.75, 3.05) is 6.61 Å². The average molecular weight is 340 g/mol. The predicted octanol–water partition coefficient (Wildman–Crippen LogP) is 3.05. The molecule has 0 radical (unpaired) electrons. The fourth-order valence-electron chi connectivity index (χ4n) is 2.81. The minimum absolute atomic E-state index is 0.00768. The van der Waals surface area contributed by atoms with Crippen LogP contribution in [0.3, 0.4) is 0 Å². The summed E-state index contributed by atoms with van der Waals surface area (Å²) >= 11 is 3.41. The first kappa shape index (κ1) is 15.5. The van der Waals surface area contributed by atoms with Gasteiger partial charge in [-0.15, -0.1) is 0 Å². The molecule has 0 atom stereocenters. The number of aliphatic hydroxyl groups excluding tert-OH is 1. The Morgan fingerprint density at radius 1 is 1.45 bits per heavy atom. The Hall–Kier alpha value is -0.870. The van der Waals surface area contributed by atoms with Crippen molar-refractivity contribution in [3.8, 4) is 0 Å². The SMILES string of the molecule is CC1CCC(CO)(NC(=O)Cc2cccc(Br)c2)CC1. The summed E-state index contributed by atoms with van der Waals surface area (Å²) in [6.07, 6.45) is 4.23. The van der Waals surface area contributed by atoms with Gasteiger partial charge < -0.3 is 10.4 Å². The highest BCUT2D eigenvalue weighted by Crippen LogP contribution is 2.31. The van der Waals surface area contributed by atoms with Crippen molar-refractivity contribution in [3.05, 3.63) is 34.3 Å². The number of nitrogens with one attached hydrogen (secondary N) is 1. The van der Waals surface area contributed by atoms with E-state index in [4.69, 9.17) is 0 Å². The van der Waals surface area contributed by atoms with Gasteiger partial charge in [0.1, 0.15) is 0 Å². The Kier molecular flexibility index (Phi) is 5.22. The second-order valence-electron chi connectivity index (χ2n) is 5.98. The number of hydrogen-bond acceptors (Lipinski definition) is 2. The van der Waals surface area contributed by atoms with E-state index in [2.05, 4.69) is 28.2 Å². The van der Waals surface area contributed by atoms with Crippen LogP contribution in [0.4, 0.5) is 0 Å². The molecule has 0 unspecified atom stereocenters. The lowest BCUT2D eigenvalue weighted by atomic mass is 9.77. The van der Waals surface area contributed by atoms with Crippen LogP contribution in [0.15, 0.2) is 28.7 Å². The number of carbonyl (C=O) groups is 1. The van der Waals surface area contributed by atoms with Crippen LogP contribution in [-0.4, -0.2) is 23.2 Å². The summed E-state index contributed by atoms with van der Waals surface area (Å²) < 4.78 is 0.978. The normalized spacial score (nSPS) is 26.2. The average Bonchev–Trinajstić information content (AvgIpc) is 2.41. The summed E-state index contributed by atoms with van der Waals surface area (Å²) in [6.45, 7) is 2.26. The van der Waals surface area contributed by atoms with Crippen molar-refractivity contribution in [2.45, 2.75) is 44.6 Å². The standard InChI is InChI=1S/C16H22BrNO2/c1-12-5-7-16(11-19,8-6-12)18-15(20)10-13-3-2-4-14(17)9-13/h2-4,9,12,19H,5-8,10-11H2,1H3,(H,18,20). The molecule has 1 aliphatic carbocycles. The first-order valence-electron chi connectivity index (χ1n) is 7.19. The molecule has 0 aliphatic heterocycles. The molecule has 4 heteroatoms. The molecule has 2 rings (SSSR count). The molecule has 0 spiro atoms. The summed E-state index contributed by atoms with van der Waals surface area (Å²) in [5.41, 5.74) is 0.574. The second-order valence-corrected chi connectivity index (χ2v) is 6.89. The third kappa shape index (κ3) is 4.06. The van der Waals surface area contributed by atoms with Gasteiger partial charge in [-0.1, -0.05) is 35.0 Å². The molecule has 0 heterocycles. The van der Waals surface area contributed by atoms with E-state index >= 15 is 0 Å². The molecule has 0 bridgehead atoms. The van der Waals surface area contributed by atoms with E-state index in [1.165, 1.54) is 0 Å². The number of carbonyl (C=O) groups excluding carboxylic acids is 1. The van der Waals surface area contributed by atoms with Gasteiger partial charge in [0.2, 0.25) is 5.91 Å². The van der Waals surface area contributed by atoms with Crippen LogP contribution >= 0.6 is 15.9 Å². The highest BCUT2D eigenvalue weighted by Gasteiger charge is 2.34. The lowest BCUT2D eigenvalue weighted by molar-refractivity contribution is -0.123. The van der Waals surface area contributed by atoms with Crippen LogP contribution in [0.1, 0.15) is 38.2 Å². The van der Waals surface area contributed by atoms with Gasteiger partial charge in [0.05, 0.1) is 18.6 Å². The number of benzene rings is 1. The molecule has 1 saturated carbocycles. The minimum Gasteiger partial charge on any atom is -0.394 e. The van der Waals surface area contributed by atoms with Gasteiger partial charge in [-0.2, -0.15) is 0 Å². The van der Waals surface area contributed by atoms with Crippen molar-refractivity contribution >= 4 is 21.8 Å². The number of rotatable bonds is 4. The van der Waals surface area contributed by atoms with Crippen molar-refractivity contribution in [1.82, 2.24) is 5.32 Å². The summed E-state index contributed by atoms with van der Waals surface area (Å²) in [4.78, 5) is 12.2. The summed E-state index contributed by atoms with van der Waals surface area (Å²) in [5, 5.41) is 12.7. The highest BCUT2D eigenvalue weighted by molar-refractivity contribution is 9.10. The summed E-state index contributed by atoms with van der Waals surface area (Å²) in [6, 6.07) is 7.77. The van der Waals surface area contributed by atoms with E-state index in [9.17, 15) is 9.90 Å². The van der Waals surface area contributed by atoms with E-state index in [-0.39, 0.29) is 12.5 Å². The molecule has 1 fully saturated rings. The molecular formula is C16H22BrNO2. The lowest BCUT2D eigenvalue weighted by Gasteiger charge is -2.38. The van der Waals surface area contributed by atoms with E-state index in [1.807, 2.05) is 24.3 Å². The zero-order valence-corrected chi connectivity index (χ0v) is 13.4. The van der Waals surface area contributed by atoms with Gasteiger partial charge in [-0.25, -0.2) is 0 Å². The van der Waals surface area contributed by atoms with Gasteiger partial charge in [0.25, 0.3) is 0 Å². The Morgan fingerprint density at radius 2 is 2.15 bits per heavy atom. The van der Waals surface area contributed by atoms with Crippen molar-refractivity contribution < 1.29 is 9.90 Å². The number of aliphatic hydroxyl groups is 1. The third-order valence-corrected chi connectivity index (χ3v) is 4.69. The Balaban J connectivity index is 1.96. The van der Waals surface area contributed by atoms with Crippen molar-refractivity contribution in [1.29, 1.82) is 0 Å². The topological polar surface area (TPSA) is 49.3 Å².